The van der Waals surface area contributed by atoms with Gasteiger partial charge in [0.1, 0.15) is 0 Å². The smallest absolute Gasteiger partial charge is 0.345 e. The zero-order chi connectivity index (χ0) is 23.7. The monoisotopic (exact) mass is 454 g/mol. The van der Waals surface area contributed by atoms with E-state index in [9.17, 15) is 9.36 Å². The second-order valence-electron chi connectivity index (χ2n) is 7.73. The Morgan fingerprint density at radius 2 is 1.45 bits per heavy atom. The van der Waals surface area contributed by atoms with Crippen molar-refractivity contribution in [1.29, 1.82) is 0 Å². The van der Waals surface area contributed by atoms with Crippen molar-refractivity contribution >= 4 is 13.6 Å². The van der Waals surface area contributed by atoms with E-state index in [2.05, 4.69) is 39.8 Å². The Morgan fingerprint density at radius 1 is 0.871 bits per heavy atom. The van der Waals surface area contributed by atoms with Crippen LogP contribution in [-0.4, -0.2) is 31.4 Å². The van der Waals surface area contributed by atoms with E-state index in [0.717, 1.165) is 25.7 Å². The van der Waals surface area contributed by atoms with Gasteiger partial charge in [0.05, 0.1) is 19.8 Å². The molecule has 0 aromatic rings. The summed E-state index contributed by atoms with van der Waals surface area (Å²) in [7, 11) is -3.58. The molecule has 0 aromatic carbocycles. The summed E-state index contributed by atoms with van der Waals surface area (Å²) in [5.74, 6) is -0.549. The van der Waals surface area contributed by atoms with E-state index in [4.69, 9.17) is 13.8 Å². The SMILES string of the molecule is CCOC(=O)C(CC=CC=C(C)CCC=C(C)CCC=C(C)C)P(=O)(OCC)OCC. The van der Waals surface area contributed by atoms with Crippen molar-refractivity contribution in [3.05, 3.63) is 47.1 Å². The molecule has 1 unspecified atom stereocenters. The van der Waals surface area contributed by atoms with Gasteiger partial charge in [-0.3, -0.25) is 9.36 Å². The van der Waals surface area contributed by atoms with Crippen LogP contribution in [0.15, 0.2) is 47.1 Å². The van der Waals surface area contributed by atoms with Crippen molar-refractivity contribution < 1.29 is 23.1 Å². The highest BCUT2D eigenvalue weighted by molar-refractivity contribution is 7.55. The minimum absolute atomic E-state index is 0.206. The number of ether oxygens (including phenoxy) is 1. The first kappa shape index (κ1) is 29.6. The fraction of sp³-hybridized carbons (Fsp3) is 0.640. The van der Waals surface area contributed by atoms with Crippen LogP contribution in [0.5, 0.6) is 0 Å². The molecule has 0 aliphatic carbocycles. The van der Waals surface area contributed by atoms with Gasteiger partial charge in [0.15, 0.2) is 5.66 Å². The molecule has 0 amide bonds. The van der Waals surface area contributed by atoms with Crippen LogP contribution in [0, 0.1) is 0 Å². The van der Waals surface area contributed by atoms with Gasteiger partial charge in [-0.15, -0.1) is 0 Å². The van der Waals surface area contributed by atoms with Gasteiger partial charge in [-0.05, 0) is 80.6 Å². The summed E-state index contributed by atoms with van der Waals surface area (Å²) in [5.41, 5.74) is 3.07. The minimum Gasteiger partial charge on any atom is -0.465 e. The first-order chi connectivity index (χ1) is 14.7. The van der Waals surface area contributed by atoms with Gasteiger partial charge in [0.25, 0.3) is 0 Å². The van der Waals surface area contributed by atoms with Gasteiger partial charge in [-0.2, -0.15) is 0 Å². The highest BCUT2D eigenvalue weighted by atomic mass is 31.2. The van der Waals surface area contributed by atoms with Gasteiger partial charge < -0.3 is 13.8 Å². The molecular formula is C25H43O5P. The number of carbonyl (C=O) groups excluding carboxylic acids is 1. The molecule has 6 heteroatoms. The molecule has 1 atom stereocenters. The van der Waals surface area contributed by atoms with Crippen molar-refractivity contribution in [2.24, 2.45) is 0 Å². The second kappa shape index (κ2) is 17.2. The molecule has 0 N–H and O–H groups in total. The van der Waals surface area contributed by atoms with Gasteiger partial charge in [-0.1, -0.05) is 47.1 Å². The lowest BCUT2D eigenvalue weighted by atomic mass is 10.1. The highest BCUT2D eigenvalue weighted by Crippen LogP contribution is 2.54. The first-order valence-electron chi connectivity index (χ1n) is 11.4. The molecular weight excluding hydrogens is 411 g/mol. The Hall–Kier alpha value is -1.42. The molecule has 5 nitrogen and oxygen atoms in total. The van der Waals surface area contributed by atoms with Gasteiger partial charge in [-0.25, -0.2) is 0 Å². The van der Waals surface area contributed by atoms with Crippen molar-refractivity contribution in [2.75, 3.05) is 19.8 Å². The largest absolute Gasteiger partial charge is 0.465 e. The third-order valence-electron chi connectivity index (χ3n) is 4.56. The van der Waals surface area contributed by atoms with E-state index in [1.54, 1.807) is 20.8 Å². The minimum atomic E-state index is -3.58. The molecule has 31 heavy (non-hydrogen) atoms. The number of rotatable bonds is 16. The molecule has 0 aliphatic heterocycles. The quantitative estimate of drug-likeness (QED) is 0.104. The number of hydrogen-bond donors (Lipinski definition) is 0. The predicted octanol–water partition coefficient (Wildman–Crippen LogP) is 7.55. The zero-order valence-electron chi connectivity index (χ0n) is 20.6. The van der Waals surface area contributed by atoms with Gasteiger partial charge in [0, 0.05) is 0 Å². The Morgan fingerprint density at radius 3 is 2.00 bits per heavy atom. The maximum absolute atomic E-state index is 13.1. The van der Waals surface area contributed by atoms with Crippen LogP contribution in [0.25, 0.3) is 0 Å². The summed E-state index contributed by atoms with van der Waals surface area (Å²) >= 11 is 0. The first-order valence-corrected chi connectivity index (χ1v) is 13.0. The molecule has 0 aromatic heterocycles. The van der Waals surface area contributed by atoms with E-state index in [1.165, 1.54) is 16.7 Å². The molecule has 0 saturated carbocycles. The number of carbonyl (C=O) groups is 1. The third kappa shape index (κ3) is 13.6. The van der Waals surface area contributed by atoms with Gasteiger partial charge in [0.2, 0.25) is 0 Å². The van der Waals surface area contributed by atoms with Crippen LogP contribution >= 0.6 is 7.60 Å². The average molecular weight is 455 g/mol. The molecule has 0 aliphatic rings. The fourth-order valence-electron chi connectivity index (χ4n) is 2.93. The topological polar surface area (TPSA) is 61.8 Å². The molecule has 0 saturated heterocycles. The highest BCUT2D eigenvalue weighted by Gasteiger charge is 2.41. The molecule has 0 bridgehead atoms. The lowest BCUT2D eigenvalue weighted by Gasteiger charge is -2.23. The van der Waals surface area contributed by atoms with Crippen LogP contribution < -0.4 is 0 Å². The molecule has 0 rings (SSSR count). The summed E-state index contributed by atoms with van der Waals surface area (Å²) < 4.78 is 28.9. The van der Waals surface area contributed by atoms with Crippen molar-refractivity contribution in [3.63, 3.8) is 0 Å². The molecule has 0 spiro atoms. The molecule has 178 valence electrons. The van der Waals surface area contributed by atoms with E-state index < -0.39 is 19.2 Å². The summed E-state index contributed by atoms with van der Waals surface area (Å²) in [6.07, 6.45) is 14.7. The Kier molecular flexibility index (Phi) is 16.4. The third-order valence-corrected chi connectivity index (χ3v) is 6.98. The van der Waals surface area contributed by atoms with Crippen LogP contribution in [0.4, 0.5) is 0 Å². The van der Waals surface area contributed by atoms with Gasteiger partial charge >= 0.3 is 13.6 Å². The van der Waals surface area contributed by atoms with Crippen LogP contribution in [0.1, 0.15) is 80.6 Å². The molecule has 0 heterocycles. The Balaban J connectivity index is 4.89. The zero-order valence-corrected chi connectivity index (χ0v) is 21.5. The Labute approximate surface area is 190 Å². The van der Waals surface area contributed by atoms with Crippen molar-refractivity contribution in [3.8, 4) is 0 Å². The summed E-state index contributed by atoms with van der Waals surface area (Å²) in [6, 6.07) is 0. The lowest BCUT2D eigenvalue weighted by molar-refractivity contribution is -0.143. The van der Waals surface area contributed by atoms with E-state index in [-0.39, 0.29) is 26.2 Å². The number of allylic oxidation sites excluding steroid dienone is 8. The van der Waals surface area contributed by atoms with Crippen molar-refractivity contribution in [2.45, 2.75) is 86.2 Å². The normalized spacial score (nSPS) is 14.0. The maximum atomic E-state index is 13.1. The number of hydrogen-bond acceptors (Lipinski definition) is 5. The lowest BCUT2D eigenvalue weighted by Crippen LogP contribution is -2.25. The van der Waals surface area contributed by atoms with Crippen LogP contribution in [0.3, 0.4) is 0 Å². The second-order valence-corrected chi connectivity index (χ2v) is 9.95. The maximum Gasteiger partial charge on any atom is 0.345 e. The summed E-state index contributed by atoms with van der Waals surface area (Å²) in [6.45, 7) is 14.3. The predicted molar refractivity (Wildman–Crippen MR) is 130 cm³/mol. The fourth-order valence-corrected chi connectivity index (χ4v) is 4.80. The van der Waals surface area contributed by atoms with E-state index >= 15 is 0 Å². The molecule has 0 fully saturated rings. The van der Waals surface area contributed by atoms with E-state index in [0.29, 0.717) is 0 Å². The standard InChI is InChI=1S/C25H43O5P/c1-8-28-25(26)24(31(27,29-9-2)30-10-3)20-12-11-16-22(6)18-14-19-23(7)17-13-15-21(4)5/h11-12,15-16,19,24H,8-10,13-14,17-18,20H2,1-7H3. The van der Waals surface area contributed by atoms with Crippen LogP contribution in [0.2, 0.25) is 0 Å². The van der Waals surface area contributed by atoms with Crippen molar-refractivity contribution in [1.82, 2.24) is 0 Å². The summed E-state index contributed by atoms with van der Waals surface area (Å²) in [5, 5.41) is 0. The van der Waals surface area contributed by atoms with E-state index in [1.807, 2.05) is 18.2 Å². The molecule has 0 radical (unpaired) electrons. The average Bonchev–Trinajstić information content (AvgIpc) is 2.68. The number of esters is 1. The Bertz CT molecular complexity index is 674. The summed E-state index contributed by atoms with van der Waals surface area (Å²) in [4.78, 5) is 12.4. The van der Waals surface area contributed by atoms with Crippen LogP contribution in [-0.2, 0) is 23.1 Å².